The number of aromatic nitrogens is 1. The second kappa shape index (κ2) is 14.4. The summed E-state index contributed by atoms with van der Waals surface area (Å²) in [7, 11) is -3.55. The maximum atomic E-state index is 13.7. The molecule has 2 heterocycles. The summed E-state index contributed by atoms with van der Waals surface area (Å²) in [6.45, 7) is -2.01. The van der Waals surface area contributed by atoms with Crippen LogP contribution in [0.3, 0.4) is 0 Å². The predicted molar refractivity (Wildman–Crippen MR) is 161 cm³/mol. The van der Waals surface area contributed by atoms with Crippen molar-refractivity contribution < 1.29 is 36.2 Å². The molecule has 1 aliphatic carbocycles. The van der Waals surface area contributed by atoms with Gasteiger partial charge in [0.05, 0.1) is 27.3 Å². The summed E-state index contributed by atoms with van der Waals surface area (Å²) in [6.07, 6.45) is 5.16. The first-order chi connectivity index (χ1) is 21.1. The molecular formula is C31H32Cl2F2N2O6S. The average molecular weight is 670 g/mol. The van der Waals surface area contributed by atoms with E-state index in [4.69, 9.17) is 32.7 Å². The Morgan fingerprint density at radius 1 is 1.02 bits per heavy atom. The van der Waals surface area contributed by atoms with Crippen LogP contribution in [0.4, 0.5) is 8.78 Å². The minimum Gasteiger partial charge on any atom is -0.489 e. The molecule has 2 atom stereocenters. The first kappa shape index (κ1) is 32.4. The first-order valence-corrected chi connectivity index (χ1v) is 16.7. The number of carbonyl (C=O) groups excluding carboxylic acids is 1. The fourth-order valence-corrected chi connectivity index (χ4v) is 6.93. The Bertz CT molecular complexity index is 1540. The Balaban J connectivity index is 1.37. The minimum atomic E-state index is -3.55. The summed E-state index contributed by atoms with van der Waals surface area (Å²) in [4.78, 5) is 19.7. The smallest absolute Gasteiger partial charge is 0.387 e. The van der Waals surface area contributed by atoms with E-state index in [0.29, 0.717) is 43.0 Å². The molecule has 236 valence electrons. The van der Waals surface area contributed by atoms with Crippen molar-refractivity contribution in [2.24, 2.45) is 5.92 Å². The van der Waals surface area contributed by atoms with Gasteiger partial charge in [0.25, 0.3) is 0 Å². The third kappa shape index (κ3) is 8.38. The van der Waals surface area contributed by atoms with Crippen LogP contribution < -0.4 is 9.47 Å². The van der Waals surface area contributed by atoms with Crippen molar-refractivity contribution in [3.63, 3.8) is 0 Å². The number of carbonyl (C=O) groups is 1. The first-order valence-electron chi connectivity index (χ1n) is 14.3. The van der Waals surface area contributed by atoms with Gasteiger partial charge in [-0.05, 0) is 73.5 Å². The molecule has 0 spiro atoms. The molecule has 0 unspecified atom stereocenters. The van der Waals surface area contributed by atoms with E-state index < -0.39 is 34.6 Å². The number of alkyl halides is 2. The molecule has 2 aliphatic rings. The van der Waals surface area contributed by atoms with Crippen LogP contribution in [0.2, 0.25) is 10.0 Å². The summed E-state index contributed by atoms with van der Waals surface area (Å²) in [5.41, 5.74) is 0.956. The maximum absolute atomic E-state index is 13.7. The molecule has 0 bridgehead atoms. The Hall–Kier alpha value is -2.99. The quantitative estimate of drug-likeness (QED) is 0.179. The van der Waals surface area contributed by atoms with Gasteiger partial charge in [-0.15, -0.1) is 0 Å². The molecule has 0 amide bonds. The Morgan fingerprint density at radius 2 is 1.75 bits per heavy atom. The van der Waals surface area contributed by atoms with Gasteiger partial charge >= 0.3 is 12.6 Å². The van der Waals surface area contributed by atoms with Crippen LogP contribution in [-0.4, -0.2) is 62.4 Å². The lowest BCUT2D eigenvalue weighted by atomic mass is 10.0. The zero-order valence-electron chi connectivity index (χ0n) is 23.7. The summed E-state index contributed by atoms with van der Waals surface area (Å²) >= 11 is 12.8. The number of hydrogen-bond acceptors (Lipinski definition) is 8. The normalized spacial score (nSPS) is 17.9. The van der Waals surface area contributed by atoms with Crippen molar-refractivity contribution in [3.8, 4) is 11.5 Å². The van der Waals surface area contributed by atoms with E-state index in [1.165, 1.54) is 30.6 Å². The van der Waals surface area contributed by atoms with E-state index in [1.54, 1.807) is 30.3 Å². The highest BCUT2D eigenvalue weighted by Crippen LogP contribution is 2.38. The lowest BCUT2D eigenvalue weighted by Crippen LogP contribution is -2.40. The van der Waals surface area contributed by atoms with Crippen molar-refractivity contribution in [2.45, 2.75) is 55.8 Å². The van der Waals surface area contributed by atoms with Crippen LogP contribution in [0.15, 0.2) is 65.8 Å². The number of pyridine rings is 1. The molecule has 5 rings (SSSR count). The maximum Gasteiger partial charge on any atom is 0.387 e. The highest BCUT2D eigenvalue weighted by atomic mass is 35.5. The molecular weight excluding hydrogens is 637 g/mol. The van der Waals surface area contributed by atoms with Gasteiger partial charge in [-0.1, -0.05) is 47.5 Å². The van der Waals surface area contributed by atoms with E-state index in [-0.39, 0.29) is 45.2 Å². The highest BCUT2D eigenvalue weighted by molar-refractivity contribution is 7.91. The van der Waals surface area contributed by atoms with E-state index in [9.17, 15) is 22.0 Å². The number of halogens is 4. The minimum absolute atomic E-state index is 0.0676. The predicted octanol–water partition coefficient (Wildman–Crippen LogP) is 6.54. The molecule has 0 radical (unpaired) electrons. The van der Waals surface area contributed by atoms with Gasteiger partial charge < -0.3 is 14.2 Å². The number of benzene rings is 2. The van der Waals surface area contributed by atoms with Crippen molar-refractivity contribution in [1.82, 2.24) is 9.88 Å². The third-order valence-corrected chi connectivity index (χ3v) is 10.1. The second-order valence-electron chi connectivity index (χ2n) is 10.9. The zero-order chi connectivity index (χ0) is 31.3. The molecule has 3 aromatic rings. The Kier molecular flexibility index (Phi) is 10.6. The molecule has 8 nitrogen and oxygen atoms in total. The number of esters is 1. The van der Waals surface area contributed by atoms with Crippen LogP contribution in [0.25, 0.3) is 0 Å². The lowest BCUT2D eigenvalue weighted by Gasteiger charge is -2.26. The van der Waals surface area contributed by atoms with Gasteiger partial charge in [-0.3, -0.25) is 14.7 Å². The van der Waals surface area contributed by atoms with Crippen LogP contribution in [0.5, 0.6) is 11.5 Å². The van der Waals surface area contributed by atoms with E-state index >= 15 is 0 Å². The van der Waals surface area contributed by atoms with Crippen LogP contribution >= 0.6 is 23.2 Å². The fraction of sp³-hybridized carbons (Fsp3) is 0.419. The van der Waals surface area contributed by atoms with Gasteiger partial charge in [-0.2, -0.15) is 8.78 Å². The molecule has 1 saturated carbocycles. The van der Waals surface area contributed by atoms with Crippen LogP contribution in [0, 0.1) is 5.92 Å². The number of sulfone groups is 1. The van der Waals surface area contributed by atoms with Crippen LogP contribution in [-0.2, 0) is 25.8 Å². The summed E-state index contributed by atoms with van der Waals surface area (Å²) in [5, 5.41) is 0.546. The molecule has 1 saturated heterocycles. The van der Waals surface area contributed by atoms with Gasteiger partial charge in [0.2, 0.25) is 0 Å². The number of rotatable bonds is 14. The molecule has 13 heteroatoms. The monoisotopic (exact) mass is 668 g/mol. The van der Waals surface area contributed by atoms with Gasteiger partial charge in [-0.25, -0.2) is 8.42 Å². The second-order valence-corrected chi connectivity index (χ2v) is 13.8. The van der Waals surface area contributed by atoms with E-state index in [2.05, 4.69) is 9.72 Å². The topological polar surface area (TPSA) is 95.0 Å². The number of ether oxygens (including phenoxy) is 3. The van der Waals surface area contributed by atoms with Gasteiger partial charge in [0, 0.05) is 25.4 Å². The summed E-state index contributed by atoms with van der Waals surface area (Å²) in [6, 6.07) is 11.9. The van der Waals surface area contributed by atoms with Gasteiger partial charge in [0.15, 0.2) is 21.3 Å². The molecule has 1 aliphatic heterocycles. The van der Waals surface area contributed by atoms with E-state index in [0.717, 1.165) is 12.8 Å². The fourth-order valence-electron chi connectivity index (χ4n) is 5.13. The summed E-state index contributed by atoms with van der Waals surface area (Å²) < 4.78 is 68.6. The molecule has 44 heavy (non-hydrogen) atoms. The Morgan fingerprint density at radius 3 is 2.43 bits per heavy atom. The number of hydrogen-bond donors (Lipinski definition) is 0. The highest BCUT2D eigenvalue weighted by Gasteiger charge is 2.35. The van der Waals surface area contributed by atoms with Crippen molar-refractivity contribution in [2.75, 3.05) is 25.4 Å². The molecule has 1 aromatic heterocycles. The Labute approximate surface area is 265 Å². The van der Waals surface area contributed by atoms with Crippen molar-refractivity contribution in [3.05, 3.63) is 82.1 Å². The standard InChI is InChI=1S/C31H32Cl2F2N2O6S/c32-24-17-36-18-25(33)23(24)16-28(21-10-11-27(43-31(34)35)29(15-21)41-19-20-8-9-20)42-30(38)26-7-4-12-37(26)13-14-44(39,40)22-5-2-1-3-6-22/h1-3,5-6,10-11,15,17-18,20,26,28,31H,4,7-9,12-14,16,19H2/t26-,28-/m0/s1. The summed E-state index contributed by atoms with van der Waals surface area (Å²) in [5.74, 6) is -0.369. The molecule has 2 fully saturated rings. The van der Waals surface area contributed by atoms with Crippen molar-refractivity contribution in [1.29, 1.82) is 0 Å². The number of nitrogens with zero attached hydrogens (tertiary/aromatic N) is 2. The van der Waals surface area contributed by atoms with Crippen molar-refractivity contribution >= 4 is 39.0 Å². The van der Waals surface area contributed by atoms with E-state index in [1.807, 2.05) is 4.90 Å². The third-order valence-electron chi connectivity index (χ3n) is 7.71. The average Bonchev–Trinajstić information content (AvgIpc) is 3.71. The largest absolute Gasteiger partial charge is 0.489 e. The lowest BCUT2D eigenvalue weighted by molar-refractivity contribution is -0.154. The molecule has 0 N–H and O–H groups in total. The molecule has 2 aromatic carbocycles. The zero-order valence-corrected chi connectivity index (χ0v) is 26.0. The van der Waals surface area contributed by atoms with Crippen LogP contribution in [0.1, 0.15) is 42.9 Å². The SMILES string of the molecule is O=C(O[C@@H](Cc1c(Cl)cncc1Cl)c1ccc(OC(F)F)c(OCC2CC2)c1)[C@@H]1CCCN1CCS(=O)(=O)c1ccccc1. The number of likely N-dealkylation sites (tertiary alicyclic amines) is 1. The van der Waals surface area contributed by atoms with Gasteiger partial charge in [0.1, 0.15) is 12.1 Å².